The van der Waals surface area contributed by atoms with E-state index in [1.165, 1.54) is 0 Å². The maximum Gasteiger partial charge on any atom is 0.244 e. The van der Waals surface area contributed by atoms with Crippen LogP contribution in [0.5, 0.6) is 0 Å². The van der Waals surface area contributed by atoms with Gasteiger partial charge in [0.25, 0.3) is 0 Å². The average Bonchev–Trinajstić information content (AvgIpc) is 2.42. The maximum absolute atomic E-state index is 11.2. The van der Waals surface area contributed by atoms with E-state index in [1.54, 1.807) is 0 Å². The average molecular weight is 200 g/mol. The minimum atomic E-state index is -0.391. The molecule has 1 saturated heterocycles. The summed E-state index contributed by atoms with van der Waals surface area (Å²) in [6.45, 7) is 5.04. The standard InChI is InChI=1S/C9H16N2O3/c1-3-14-5-6(2)10-7-4-8(12)11-9(7)13/h6-7,10H,3-5H2,1-2H3,(H,11,12,13). The van der Waals surface area contributed by atoms with Gasteiger partial charge in [-0.05, 0) is 13.8 Å². The number of imide groups is 1. The fraction of sp³-hybridized carbons (Fsp3) is 0.778. The Morgan fingerprint density at radius 3 is 2.86 bits per heavy atom. The van der Waals surface area contributed by atoms with Gasteiger partial charge in [0, 0.05) is 12.6 Å². The van der Waals surface area contributed by atoms with Crippen molar-refractivity contribution in [1.82, 2.24) is 10.6 Å². The van der Waals surface area contributed by atoms with Crippen LogP contribution in [0.4, 0.5) is 0 Å². The molecule has 2 amide bonds. The highest BCUT2D eigenvalue weighted by Crippen LogP contribution is 2.02. The second-order valence-electron chi connectivity index (χ2n) is 3.40. The van der Waals surface area contributed by atoms with Crippen LogP contribution < -0.4 is 10.6 Å². The van der Waals surface area contributed by atoms with Crippen LogP contribution in [0.1, 0.15) is 20.3 Å². The highest BCUT2D eigenvalue weighted by molar-refractivity contribution is 6.05. The molecule has 2 atom stereocenters. The van der Waals surface area contributed by atoms with Crippen molar-refractivity contribution in [3.63, 3.8) is 0 Å². The molecule has 1 fully saturated rings. The molecule has 1 rings (SSSR count). The second kappa shape index (κ2) is 5.07. The van der Waals surface area contributed by atoms with Gasteiger partial charge in [-0.2, -0.15) is 0 Å². The van der Waals surface area contributed by atoms with E-state index >= 15 is 0 Å². The molecule has 0 saturated carbocycles. The largest absolute Gasteiger partial charge is 0.380 e. The van der Waals surface area contributed by atoms with Gasteiger partial charge in [-0.3, -0.25) is 14.9 Å². The van der Waals surface area contributed by atoms with E-state index in [0.717, 1.165) is 0 Å². The summed E-state index contributed by atoms with van der Waals surface area (Å²) in [6.07, 6.45) is 0.231. The van der Waals surface area contributed by atoms with Gasteiger partial charge in [0.2, 0.25) is 11.8 Å². The minimum absolute atomic E-state index is 0.0802. The predicted octanol–water partition coefficient (Wildman–Crippen LogP) is -0.584. The molecule has 0 aromatic heterocycles. The fourth-order valence-electron chi connectivity index (χ4n) is 1.37. The monoisotopic (exact) mass is 200 g/mol. The number of amides is 2. The molecular formula is C9H16N2O3. The highest BCUT2D eigenvalue weighted by Gasteiger charge is 2.30. The summed E-state index contributed by atoms with van der Waals surface area (Å²) in [5, 5.41) is 5.28. The summed E-state index contributed by atoms with van der Waals surface area (Å²) in [5.41, 5.74) is 0. The molecule has 0 bridgehead atoms. The van der Waals surface area contributed by atoms with Crippen LogP contribution in [0, 0.1) is 0 Å². The number of carbonyl (C=O) groups is 2. The SMILES string of the molecule is CCOCC(C)NC1CC(=O)NC1=O. The molecule has 5 nitrogen and oxygen atoms in total. The molecule has 14 heavy (non-hydrogen) atoms. The molecule has 0 radical (unpaired) electrons. The molecule has 1 heterocycles. The normalized spacial score (nSPS) is 23.7. The Morgan fingerprint density at radius 1 is 1.64 bits per heavy atom. The Morgan fingerprint density at radius 2 is 2.36 bits per heavy atom. The molecule has 1 aliphatic rings. The first kappa shape index (κ1) is 11.1. The van der Waals surface area contributed by atoms with Gasteiger partial charge in [-0.1, -0.05) is 0 Å². The topological polar surface area (TPSA) is 67.4 Å². The summed E-state index contributed by atoms with van der Waals surface area (Å²) in [6, 6.07) is -0.311. The lowest BCUT2D eigenvalue weighted by molar-refractivity contribution is -0.125. The van der Waals surface area contributed by atoms with Crippen molar-refractivity contribution in [3.8, 4) is 0 Å². The Labute approximate surface area is 83.2 Å². The van der Waals surface area contributed by atoms with E-state index < -0.39 is 6.04 Å². The first-order chi connectivity index (χ1) is 6.63. The molecule has 1 aliphatic heterocycles. The van der Waals surface area contributed by atoms with E-state index in [0.29, 0.717) is 13.2 Å². The molecule has 5 heteroatoms. The van der Waals surface area contributed by atoms with Gasteiger partial charge in [0.05, 0.1) is 19.1 Å². The zero-order chi connectivity index (χ0) is 10.6. The summed E-state index contributed by atoms with van der Waals surface area (Å²) in [5.74, 6) is -0.450. The van der Waals surface area contributed by atoms with Crippen LogP contribution in [0.25, 0.3) is 0 Å². The Balaban J connectivity index is 2.29. The van der Waals surface area contributed by atoms with Gasteiger partial charge in [0.15, 0.2) is 0 Å². The quantitative estimate of drug-likeness (QED) is 0.582. The summed E-state index contributed by atoms with van der Waals surface area (Å²) >= 11 is 0. The Bertz CT molecular complexity index is 230. The van der Waals surface area contributed by atoms with E-state index in [1.807, 2.05) is 13.8 Å². The molecule has 2 unspecified atom stereocenters. The van der Waals surface area contributed by atoms with Crippen molar-refractivity contribution in [2.24, 2.45) is 0 Å². The maximum atomic E-state index is 11.2. The smallest absolute Gasteiger partial charge is 0.244 e. The summed E-state index contributed by atoms with van der Waals surface area (Å²) in [7, 11) is 0. The van der Waals surface area contributed by atoms with Crippen LogP contribution in [-0.2, 0) is 14.3 Å². The number of carbonyl (C=O) groups excluding carboxylic acids is 2. The zero-order valence-electron chi connectivity index (χ0n) is 8.50. The minimum Gasteiger partial charge on any atom is -0.380 e. The number of hydrogen-bond donors (Lipinski definition) is 2. The number of hydrogen-bond acceptors (Lipinski definition) is 4. The van der Waals surface area contributed by atoms with Gasteiger partial charge in [-0.25, -0.2) is 0 Å². The van der Waals surface area contributed by atoms with Gasteiger partial charge in [0.1, 0.15) is 0 Å². The molecule has 0 aromatic rings. The Kier molecular flexibility index (Phi) is 4.03. The third kappa shape index (κ3) is 3.08. The van der Waals surface area contributed by atoms with Crippen LogP contribution in [0.15, 0.2) is 0 Å². The van der Waals surface area contributed by atoms with E-state index in [-0.39, 0.29) is 24.3 Å². The van der Waals surface area contributed by atoms with Crippen molar-refractivity contribution in [1.29, 1.82) is 0 Å². The Hall–Kier alpha value is -0.940. The number of ether oxygens (including phenoxy) is 1. The lowest BCUT2D eigenvalue weighted by atomic mass is 10.2. The molecule has 0 aliphatic carbocycles. The predicted molar refractivity (Wildman–Crippen MR) is 50.6 cm³/mol. The van der Waals surface area contributed by atoms with E-state index in [2.05, 4.69) is 10.6 Å². The summed E-state index contributed by atoms with van der Waals surface area (Å²) < 4.78 is 5.19. The fourth-order valence-corrected chi connectivity index (χ4v) is 1.37. The van der Waals surface area contributed by atoms with E-state index in [9.17, 15) is 9.59 Å². The molecule has 0 spiro atoms. The van der Waals surface area contributed by atoms with Crippen LogP contribution in [0.3, 0.4) is 0 Å². The molecule has 80 valence electrons. The number of rotatable bonds is 5. The molecule has 0 aromatic carbocycles. The first-order valence-electron chi connectivity index (χ1n) is 4.81. The third-order valence-corrected chi connectivity index (χ3v) is 2.03. The zero-order valence-corrected chi connectivity index (χ0v) is 8.50. The van der Waals surface area contributed by atoms with Crippen LogP contribution >= 0.6 is 0 Å². The van der Waals surface area contributed by atoms with Crippen molar-refractivity contribution < 1.29 is 14.3 Å². The first-order valence-corrected chi connectivity index (χ1v) is 4.81. The lowest BCUT2D eigenvalue weighted by Crippen LogP contribution is -2.43. The summed E-state index contributed by atoms with van der Waals surface area (Å²) in [4.78, 5) is 22.0. The van der Waals surface area contributed by atoms with Crippen LogP contribution in [-0.4, -0.2) is 37.1 Å². The van der Waals surface area contributed by atoms with Crippen molar-refractivity contribution in [2.75, 3.05) is 13.2 Å². The molecule has 2 N–H and O–H groups in total. The highest BCUT2D eigenvalue weighted by atomic mass is 16.5. The number of nitrogens with one attached hydrogen (secondary N) is 2. The lowest BCUT2D eigenvalue weighted by Gasteiger charge is -2.16. The van der Waals surface area contributed by atoms with Crippen LogP contribution in [0.2, 0.25) is 0 Å². The molecular weight excluding hydrogens is 184 g/mol. The van der Waals surface area contributed by atoms with E-state index in [4.69, 9.17) is 4.74 Å². The van der Waals surface area contributed by atoms with Gasteiger partial charge < -0.3 is 10.1 Å². The van der Waals surface area contributed by atoms with Crippen molar-refractivity contribution in [2.45, 2.75) is 32.4 Å². The van der Waals surface area contributed by atoms with Gasteiger partial charge >= 0.3 is 0 Å². The van der Waals surface area contributed by atoms with Crippen molar-refractivity contribution >= 4 is 11.8 Å². The van der Waals surface area contributed by atoms with Gasteiger partial charge in [-0.15, -0.1) is 0 Å². The third-order valence-electron chi connectivity index (χ3n) is 2.03. The van der Waals surface area contributed by atoms with Crippen molar-refractivity contribution in [3.05, 3.63) is 0 Å². The second-order valence-corrected chi connectivity index (χ2v) is 3.40.